The number of nitrogens with zero attached hydrogens (tertiary/aromatic N) is 4. The summed E-state index contributed by atoms with van der Waals surface area (Å²) in [5.41, 5.74) is 4.27. The number of hydrogen-bond donors (Lipinski definition) is 2. The van der Waals surface area contributed by atoms with Crippen molar-refractivity contribution in [1.29, 1.82) is 10.7 Å². The maximum absolute atomic E-state index is 9.27. The normalized spacial score (nSPS) is 14.6. The molecule has 0 aromatic carbocycles. The van der Waals surface area contributed by atoms with Crippen LogP contribution >= 0.6 is 0 Å². The fraction of sp³-hybridized carbons (Fsp3) is 0.238. The molecule has 3 aromatic heterocycles. The molecule has 4 rings (SSSR count). The average Bonchev–Trinajstić information content (AvgIpc) is 3.14. The van der Waals surface area contributed by atoms with Gasteiger partial charge in [-0.05, 0) is 43.0 Å². The number of fused-ring (bicyclic) bond motifs is 1. The SMILES string of the molecule is N#Cc1ccc(/C(C=N)=C/NCC2CCC2)c(-c2ccn3ccnc3c2)n1. The second kappa shape index (κ2) is 7.42. The first-order chi connectivity index (χ1) is 13.3. The summed E-state index contributed by atoms with van der Waals surface area (Å²) in [7, 11) is 0. The van der Waals surface area contributed by atoms with Crippen molar-refractivity contribution >= 4 is 17.4 Å². The van der Waals surface area contributed by atoms with Crippen LogP contribution in [0.2, 0.25) is 0 Å². The van der Waals surface area contributed by atoms with Crippen LogP contribution in [0, 0.1) is 22.7 Å². The van der Waals surface area contributed by atoms with E-state index < -0.39 is 0 Å². The Hall–Kier alpha value is -3.46. The van der Waals surface area contributed by atoms with Gasteiger partial charge in [0.1, 0.15) is 17.4 Å². The fourth-order valence-electron chi connectivity index (χ4n) is 3.26. The minimum absolute atomic E-state index is 0.351. The van der Waals surface area contributed by atoms with Crippen molar-refractivity contribution in [2.45, 2.75) is 19.3 Å². The van der Waals surface area contributed by atoms with Crippen LogP contribution in [0.3, 0.4) is 0 Å². The lowest BCUT2D eigenvalue weighted by Crippen LogP contribution is -2.24. The molecule has 1 aliphatic rings. The quantitative estimate of drug-likeness (QED) is 0.660. The highest BCUT2D eigenvalue weighted by atomic mass is 15.0. The van der Waals surface area contributed by atoms with E-state index in [2.05, 4.69) is 21.4 Å². The van der Waals surface area contributed by atoms with Crippen LogP contribution in [0.5, 0.6) is 0 Å². The molecule has 3 aromatic rings. The van der Waals surface area contributed by atoms with E-state index in [1.54, 1.807) is 12.3 Å². The van der Waals surface area contributed by atoms with Gasteiger partial charge in [0.2, 0.25) is 0 Å². The lowest BCUT2D eigenvalue weighted by Gasteiger charge is -2.25. The van der Waals surface area contributed by atoms with Gasteiger partial charge in [0.05, 0.1) is 5.69 Å². The summed E-state index contributed by atoms with van der Waals surface area (Å²) >= 11 is 0. The molecule has 1 fully saturated rings. The van der Waals surface area contributed by atoms with Crippen molar-refractivity contribution < 1.29 is 0 Å². The number of allylic oxidation sites excluding steroid dienone is 1. The summed E-state index contributed by atoms with van der Waals surface area (Å²) in [6.45, 7) is 0.927. The summed E-state index contributed by atoms with van der Waals surface area (Å²) in [6.07, 6.45) is 12.6. The summed E-state index contributed by atoms with van der Waals surface area (Å²) in [5, 5.41) is 20.5. The predicted octanol–water partition coefficient (Wildman–Crippen LogP) is 3.65. The monoisotopic (exact) mass is 356 g/mol. The summed E-state index contributed by atoms with van der Waals surface area (Å²) in [5.74, 6) is 0.731. The molecule has 0 amide bonds. The molecule has 0 bridgehead atoms. The van der Waals surface area contributed by atoms with E-state index in [0.717, 1.165) is 34.8 Å². The van der Waals surface area contributed by atoms with E-state index in [4.69, 9.17) is 5.41 Å². The molecule has 134 valence electrons. The molecule has 27 heavy (non-hydrogen) atoms. The highest BCUT2D eigenvalue weighted by Crippen LogP contribution is 2.28. The lowest BCUT2D eigenvalue weighted by atomic mass is 9.85. The Morgan fingerprint density at radius 3 is 2.96 bits per heavy atom. The molecule has 6 nitrogen and oxygen atoms in total. The maximum atomic E-state index is 9.27. The minimum atomic E-state index is 0.351. The number of pyridine rings is 2. The smallest absolute Gasteiger partial charge is 0.141 e. The lowest BCUT2D eigenvalue weighted by molar-refractivity contribution is 0.312. The number of nitrogens with one attached hydrogen (secondary N) is 2. The highest BCUT2D eigenvalue weighted by molar-refractivity contribution is 6.10. The number of imidazole rings is 1. The largest absolute Gasteiger partial charge is 0.390 e. The van der Waals surface area contributed by atoms with E-state index in [9.17, 15) is 5.26 Å². The Bertz CT molecular complexity index is 1050. The Kier molecular flexibility index (Phi) is 4.67. The molecule has 0 saturated heterocycles. The molecule has 0 aliphatic heterocycles. The molecule has 0 atom stereocenters. The Morgan fingerprint density at radius 1 is 1.33 bits per heavy atom. The Labute approximate surface area is 157 Å². The van der Waals surface area contributed by atoms with Gasteiger partial charge >= 0.3 is 0 Å². The van der Waals surface area contributed by atoms with Crippen molar-refractivity contribution in [2.24, 2.45) is 5.92 Å². The van der Waals surface area contributed by atoms with Crippen LogP contribution < -0.4 is 5.32 Å². The first kappa shape index (κ1) is 17.0. The summed E-state index contributed by atoms with van der Waals surface area (Å²) < 4.78 is 1.92. The van der Waals surface area contributed by atoms with Crippen molar-refractivity contribution in [2.75, 3.05) is 6.54 Å². The van der Waals surface area contributed by atoms with Gasteiger partial charge in [-0.3, -0.25) is 0 Å². The topological polar surface area (TPSA) is 89.9 Å². The van der Waals surface area contributed by atoms with Gasteiger partial charge < -0.3 is 15.1 Å². The number of rotatable bonds is 6. The summed E-state index contributed by atoms with van der Waals surface area (Å²) in [4.78, 5) is 8.85. The highest BCUT2D eigenvalue weighted by Gasteiger charge is 2.17. The van der Waals surface area contributed by atoms with Gasteiger partial charge in [-0.1, -0.05) is 6.42 Å². The van der Waals surface area contributed by atoms with Gasteiger partial charge in [0, 0.05) is 54.2 Å². The molecular weight excluding hydrogens is 336 g/mol. The first-order valence-electron chi connectivity index (χ1n) is 9.07. The fourth-order valence-corrected chi connectivity index (χ4v) is 3.26. The number of nitriles is 1. The maximum Gasteiger partial charge on any atom is 0.141 e. The number of hydrogen-bond acceptors (Lipinski definition) is 5. The molecule has 6 heteroatoms. The van der Waals surface area contributed by atoms with E-state index in [0.29, 0.717) is 11.4 Å². The van der Waals surface area contributed by atoms with E-state index >= 15 is 0 Å². The molecule has 0 spiro atoms. The molecule has 3 heterocycles. The van der Waals surface area contributed by atoms with Crippen molar-refractivity contribution in [3.63, 3.8) is 0 Å². The van der Waals surface area contributed by atoms with Crippen LogP contribution in [0.4, 0.5) is 0 Å². The van der Waals surface area contributed by atoms with Crippen LogP contribution in [0.15, 0.2) is 49.1 Å². The number of aromatic nitrogens is 3. The standard InChI is InChI=1S/C21H20N6/c22-11-17(14-24-13-15-2-1-3-15)19-5-4-18(12-23)26-21(19)16-6-8-27-9-7-25-20(27)10-16/h4-11,14-15,22,24H,1-3,13H2/b17-14+,22-11?. The van der Waals surface area contributed by atoms with Gasteiger partial charge in [-0.15, -0.1) is 0 Å². The molecule has 0 unspecified atom stereocenters. The molecule has 2 N–H and O–H groups in total. The van der Waals surface area contributed by atoms with Gasteiger partial charge in [-0.25, -0.2) is 9.97 Å². The minimum Gasteiger partial charge on any atom is -0.390 e. The third-order valence-electron chi connectivity index (χ3n) is 5.04. The van der Waals surface area contributed by atoms with Gasteiger partial charge in [0.25, 0.3) is 0 Å². The molecular formula is C21H20N6. The first-order valence-corrected chi connectivity index (χ1v) is 9.07. The van der Waals surface area contributed by atoms with Crippen molar-refractivity contribution in [3.8, 4) is 17.3 Å². The van der Waals surface area contributed by atoms with Crippen molar-refractivity contribution in [3.05, 3.63) is 60.3 Å². The Balaban J connectivity index is 1.73. The van der Waals surface area contributed by atoms with Crippen LogP contribution in [-0.4, -0.2) is 27.1 Å². The van der Waals surface area contributed by atoms with Crippen LogP contribution in [-0.2, 0) is 0 Å². The second-order valence-electron chi connectivity index (χ2n) is 6.76. The molecule has 0 radical (unpaired) electrons. The zero-order valence-electron chi connectivity index (χ0n) is 14.9. The van der Waals surface area contributed by atoms with E-state index in [-0.39, 0.29) is 0 Å². The van der Waals surface area contributed by atoms with Gasteiger partial charge in [-0.2, -0.15) is 5.26 Å². The third kappa shape index (κ3) is 3.44. The van der Waals surface area contributed by atoms with Crippen LogP contribution in [0.25, 0.3) is 22.5 Å². The molecule has 1 aliphatic carbocycles. The zero-order valence-corrected chi connectivity index (χ0v) is 14.9. The average molecular weight is 356 g/mol. The summed E-state index contributed by atoms with van der Waals surface area (Å²) in [6, 6.07) is 9.54. The predicted molar refractivity (Wildman–Crippen MR) is 105 cm³/mol. The third-order valence-corrected chi connectivity index (χ3v) is 5.04. The van der Waals surface area contributed by atoms with Gasteiger partial charge in [0.15, 0.2) is 0 Å². The van der Waals surface area contributed by atoms with Crippen molar-refractivity contribution in [1.82, 2.24) is 19.7 Å². The zero-order chi connectivity index (χ0) is 18.6. The van der Waals surface area contributed by atoms with Crippen LogP contribution in [0.1, 0.15) is 30.5 Å². The van der Waals surface area contributed by atoms with E-state index in [1.807, 2.05) is 41.2 Å². The Morgan fingerprint density at radius 2 is 2.22 bits per heavy atom. The van der Waals surface area contributed by atoms with E-state index in [1.165, 1.54) is 25.5 Å². The second-order valence-corrected chi connectivity index (χ2v) is 6.76. The molecule has 1 saturated carbocycles.